The third-order valence-corrected chi connectivity index (χ3v) is 6.70. The van der Waals surface area contributed by atoms with Crippen LogP contribution in [0.15, 0.2) is 36.0 Å². The van der Waals surface area contributed by atoms with Crippen LogP contribution >= 0.6 is 0 Å². The first-order valence-electron chi connectivity index (χ1n) is 10.1. The summed E-state index contributed by atoms with van der Waals surface area (Å²) < 4.78 is 6.07. The van der Waals surface area contributed by atoms with Crippen LogP contribution in [0.5, 0.6) is 0 Å². The van der Waals surface area contributed by atoms with Crippen molar-refractivity contribution in [3.63, 3.8) is 0 Å². The van der Waals surface area contributed by atoms with Crippen molar-refractivity contribution < 1.29 is 14.3 Å². The SMILES string of the molecule is CCC1(CC)C(=O)NC=C(CN2CCOC3Cc4ccccc4CC32)C1=O. The smallest absolute Gasteiger partial charge is 0.237 e. The first-order chi connectivity index (χ1) is 13.1. The zero-order valence-electron chi connectivity index (χ0n) is 16.2. The molecule has 0 radical (unpaired) electrons. The van der Waals surface area contributed by atoms with Crippen LogP contribution in [0.1, 0.15) is 37.8 Å². The first-order valence-corrected chi connectivity index (χ1v) is 10.1. The van der Waals surface area contributed by atoms with Gasteiger partial charge in [-0.2, -0.15) is 0 Å². The first kappa shape index (κ1) is 18.4. The maximum atomic E-state index is 13.2. The van der Waals surface area contributed by atoms with E-state index in [1.54, 1.807) is 6.20 Å². The van der Waals surface area contributed by atoms with Gasteiger partial charge in [0.2, 0.25) is 5.91 Å². The van der Waals surface area contributed by atoms with Gasteiger partial charge >= 0.3 is 0 Å². The lowest BCUT2D eigenvalue weighted by Crippen LogP contribution is -2.57. The van der Waals surface area contributed by atoms with Gasteiger partial charge in [0, 0.05) is 37.3 Å². The second kappa shape index (κ2) is 7.21. The Kier molecular flexibility index (Phi) is 4.91. The van der Waals surface area contributed by atoms with Gasteiger partial charge in [0.25, 0.3) is 0 Å². The molecule has 5 nitrogen and oxygen atoms in total. The molecule has 1 fully saturated rings. The lowest BCUT2D eigenvalue weighted by molar-refractivity contribution is -0.141. The predicted molar refractivity (Wildman–Crippen MR) is 103 cm³/mol. The fourth-order valence-corrected chi connectivity index (χ4v) is 4.88. The predicted octanol–water partition coefficient (Wildman–Crippen LogP) is 2.24. The average Bonchev–Trinajstić information content (AvgIpc) is 2.70. The Morgan fingerprint density at radius 1 is 1.15 bits per heavy atom. The Bertz CT molecular complexity index is 782. The van der Waals surface area contributed by atoms with E-state index < -0.39 is 5.41 Å². The zero-order valence-corrected chi connectivity index (χ0v) is 16.2. The maximum absolute atomic E-state index is 13.2. The summed E-state index contributed by atoms with van der Waals surface area (Å²) in [7, 11) is 0. The van der Waals surface area contributed by atoms with Crippen LogP contribution in [0, 0.1) is 5.41 Å². The molecule has 0 spiro atoms. The number of Topliss-reactive ketones (excluding diaryl/α,β-unsaturated/α-hetero) is 1. The van der Waals surface area contributed by atoms with Gasteiger partial charge in [-0.1, -0.05) is 38.1 Å². The van der Waals surface area contributed by atoms with Gasteiger partial charge in [0.15, 0.2) is 5.78 Å². The van der Waals surface area contributed by atoms with E-state index in [1.807, 2.05) is 13.8 Å². The van der Waals surface area contributed by atoms with Crippen molar-refractivity contribution in [2.75, 3.05) is 19.7 Å². The maximum Gasteiger partial charge on any atom is 0.237 e. The number of hydrogen-bond acceptors (Lipinski definition) is 4. The van der Waals surface area contributed by atoms with E-state index in [4.69, 9.17) is 4.74 Å². The molecule has 27 heavy (non-hydrogen) atoms. The third-order valence-electron chi connectivity index (χ3n) is 6.70. The Morgan fingerprint density at radius 2 is 1.85 bits per heavy atom. The minimum absolute atomic E-state index is 0.00417. The molecular formula is C22H28N2O3. The van der Waals surface area contributed by atoms with E-state index in [-0.39, 0.29) is 23.8 Å². The van der Waals surface area contributed by atoms with Crippen LogP contribution in [0.25, 0.3) is 0 Å². The van der Waals surface area contributed by atoms with Gasteiger partial charge in [-0.3, -0.25) is 14.5 Å². The van der Waals surface area contributed by atoms with Gasteiger partial charge in [0.05, 0.1) is 12.7 Å². The standard InChI is InChI=1S/C22H28N2O3/c1-3-22(4-2)20(25)17(13-23-21(22)26)14-24-9-10-27-19-12-16-8-6-5-7-15(16)11-18(19)24/h5-8,13,18-19H,3-4,9-12,14H2,1-2H3,(H,23,26). The lowest BCUT2D eigenvalue weighted by atomic mass is 9.73. The Labute approximate surface area is 160 Å². The summed E-state index contributed by atoms with van der Waals surface area (Å²) in [6.45, 7) is 5.92. The van der Waals surface area contributed by atoms with Gasteiger partial charge in [0.1, 0.15) is 5.41 Å². The highest BCUT2D eigenvalue weighted by atomic mass is 16.5. The van der Waals surface area contributed by atoms with E-state index in [0.29, 0.717) is 26.0 Å². The van der Waals surface area contributed by atoms with E-state index in [0.717, 1.165) is 25.0 Å². The molecule has 1 N–H and O–H groups in total. The van der Waals surface area contributed by atoms with Crippen LogP contribution < -0.4 is 5.32 Å². The van der Waals surface area contributed by atoms with E-state index >= 15 is 0 Å². The van der Waals surface area contributed by atoms with Crippen LogP contribution in [0.2, 0.25) is 0 Å². The summed E-state index contributed by atoms with van der Waals surface area (Å²) in [6.07, 6.45) is 4.75. The van der Waals surface area contributed by atoms with Crippen molar-refractivity contribution in [2.24, 2.45) is 5.41 Å². The monoisotopic (exact) mass is 368 g/mol. The molecule has 0 bridgehead atoms. The van der Waals surface area contributed by atoms with Gasteiger partial charge in [-0.15, -0.1) is 0 Å². The molecule has 4 rings (SSSR count). The highest BCUT2D eigenvalue weighted by molar-refractivity contribution is 6.16. The summed E-state index contributed by atoms with van der Waals surface area (Å²) in [5.74, 6) is -0.164. The number of hydrogen-bond donors (Lipinski definition) is 1. The van der Waals surface area contributed by atoms with Crippen LogP contribution in [0.3, 0.4) is 0 Å². The molecule has 3 aliphatic rings. The fraction of sp³-hybridized carbons (Fsp3) is 0.545. The van der Waals surface area contributed by atoms with Crippen molar-refractivity contribution in [1.29, 1.82) is 0 Å². The molecule has 144 valence electrons. The Morgan fingerprint density at radius 3 is 2.56 bits per heavy atom. The molecule has 2 heterocycles. The second-order valence-electron chi connectivity index (χ2n) is 7.89. The van der Waals surface area contributed by atoms with Crippen molar-refractivity contribution in [2.45, 2.75) is 51.7 Å². The molecule has 0 aromatic heterocycles. The Hall–Kier alpha value is -1.98. The number of carbonyl (C=O) groups is 2. The lowest BCUT2D eigenvalue weighted by Gasteiger charge is -2.45. The van der Waals surface area contributed by atoms with Crippen molar-refractivity contribution in [3.8, 4) is 0 Å². The Balaban J connectivity index is 1.56. The number of amides is 1. The number of nitrogens with zero attached hydrogens (tertiary/aromatic N) is 1. The summed E-state index contributed by atoms with van der Waals surface area (Å²) in [4.78, 5) is 27.9. The van der Waals surface area contributed by atoms with Crippen molar-refractivity contribution in [1.82, 2.24) is 10.2 Å². The fourth-order valence-electron chi connectivity index (χ4n) is 4.88. The van der Waals surface area contributed by atoms with E-state index in [9.17, 15) is 9.59 Å². The number of rotatable bonds is 4. The van der Waals surface area contributed by atoms with Crippen molar-refractivity contribution in [3.05, 3.63) is 47.2 Å². The molecule has 1 aromatic carbocycles. The van der Waals surface area contributed by atoms with Gasteiger partial charge in [-0.05, 0) is 30.4 Å². The van der Waals surface area contributed by atoms with Crippen molar-refractivity contribution >= 4 is 11.7 Å². The molecule has 2 unspecified atom stereocenters. The van der Waals surface area contributed by atoms with Crippen LogP contribution in [-0.4, -0.2) is 48.4 Å². The number of fused-ring (bicyclic) bond motifs is 2. The minimum Gasteiger partial charge on any atom is -0.375 e. The molecule has 2 aliphatic heterocycles. The molecule has 1 amide bonds. The molecular weight excluding hydrogens is 340 g/mol. The second-order valence-corrected chi connectivity index (χ2v) is 7.89. The number of ketones is 1. The summed E-state index contributed by atoms with van der Waals surface area (Å²) >= 11 is 0. The summed E-state index contributed by atoms with van der Waals surface area (Å²) in [6, 6.07) is 8.84. The van der Waals surface area contributed by atoms with Gasteiger partial charge in [-0.25, -0.2) is 0 Å². The quantitative estimate of drug-likeness (QED) is 0.828. The molecule has 1 saturated heterocycles. The van der Waals surface area contributed by atoms with Crippen LogP contribution in [-0.2, 0) is 27.2 Å². The zero-order chi connectivity index (χ0) is 19.0. The van der Waals surface area contributed by atoms with Crippen LogP contribution in [0.4, 0.5) is 0 Å². The van der Waals surface area contributed by atoms with E-state index in [1.165, 1.54) is 11.1 Å². The summed E-state index contributed by atoms with van der Waals surface area (Å²) in [5, 5.41) is 2.85. The molecule has 2 atom stereocenters. The number of carbonyl (C=O) groups excluding carboxylic acids is 2. The minimum atomic E-state index is -0.908. The third kappa shape index (κ3) is 3.03. The molecule has 1 aliphatic carbocycles. The molecule has 5 heteroatoms. The summed E-state index contributed by atoms with van der Waals surface area (Å²) in [5.41, 5.74) is 2.56. The number of ether oxygens (including phenoxy) is 1. The largest absolute Gasteiger partial charge is 0.375 e. The normalized spacial score (nSPS) is 27.4. The number of morpholine rings is 1. The average molecular weight is 368 g/mol. The molecule has 0 saturated carbocycles. The highest BCUT2D eigenvalue weighted by Gasteiger charge is 2.47. The number of benzene rings is 1. The highest BCUT2D eigenvalue weighted by Crippen LogP contribution is 2.35. The topological polar surface area (TPSA) is 58.6 Å². The van der Waals surface area contributed by atoms with E-state index in [2.05, 4.69) is 34.5 Å². The number of nitrogens with one attached hydrogen (secondary N) is 1. The van der Waals surface area contributed by atoms with Gasteiger partial charge < -0.3 is 10.1 Å². The molecule has 1 aromatic rings.